The molecule has 0 aromatic heterocycles. The van der Waals surface area contributed by atoms with Crippen molar-refractivity contribution in [2.75, 3.05) is 26.7 Å². The number of hydrogen-bond acceptors (Lipinski definition) is 2. The van der Waals surface area contributed by atoms with E-state index in [0.717, 1.165) is 0 Å². The molecule has 2 heteroatoms. The van der Waals surface area contributed by atoms with E-state index in [2.05, 4.69) is 38.0 Å². The Bertz CT molecular complexity index is 195. The molecule has 1 saturated carbocycles. The number of hydrogen-bond donors (Lipinski definition) is 1. The van der Waals surface area contributed by atoms with E-state index >= 15 is 0 Å². The van der Waals surface area contributed by atoms with Crippen molar-refractivity contribution in [1.82, 2.24) is 10.2 Å². The maximum absolute atomic E-state index is 3.66. The number of rotatable bonds is 7. The maximum atomic E-state index is 3.66. The predicted molar refractivity (Wildman–Crippen MR) is 76.4 cm³/mol. The molecule has 0 bridgehead atoms. The van der Waals surface area contributed by atoms with Gasteiger partial charge >= 0.3 is 0 Å². The van der Waals surface area contributed by atoms with Gasteiger partial charge in [-0.25, -0.2) is 0 Å². The Morgan fingerprint density at radius 3 is 2.35 bits per heavy atom. The molecule has 0 amide bonds. The third kappa shape index (κ3) is 4.97. The molecule has 0 heterocycles. The lowest BCUT2D eigenvalue weighted by molar-refractivity contribution is 0.101. The minimum absolute atomic E-state index is 0.548. The lowest BCUT2D eigenvalue weighted by Gasteiger charge is -2.41. The van der Waals surface area contributed by atoms with Crippen LogP contribution in [-0.4, -0.2) is 37.6 Å². The first-order valence-electron chi connectivity index (χ1n) is 7.50. The van der Waals surface area contributed by atoms with E-state index in [1.807, 2.05) is 0 Å². The Morgan fingerprint density at radius 1 is 1.18 bits per heavy atom. The topological polar surface area (TPSA) is 15.3 Å². The van der Waals surface area contributed by atoms with Gasteiger partial charge in [-0.1, -0.05) is 26.2 Å². The van der Waals surface area contributed by atoms with Crippen molar-refractivity contribution >= 4 is 0 Å². The van der Waals surface area contributed by atoms with E-state index in [0.29, 0.717) is 11.5 Å². The van der Waals surface area contributed by atoms with Gasteiger partial charge in [0.1, 0.15) is 0 Å². The molecule has 1 aliphatic rings. The molecule has 1 rings (SSSR count). The summed E-state index contributed by atoms with van der Waals surface area (Å²) in [7, 11) is 2.28. The van der Waals surface area contributed by atoms with Gasteiger partial charge in [0.25, 0.3) is 0 Å². The summed E-state index contributed by atoms with van der Waals surface area (Å²) < 4.78 is 0. The average Bonchev–Trinajstić information content (AvgIpc) is 2.30. The van der Waals surface area contributed by atoms with E-state index in [9.17, 15) is 0 Å². The van der Waals surface area contributed by atoms with Crippen molar-refractivity contribution in [3.63, 3.8) is 0 Å². The predicted octanol–water partition coefficient (Wildman–Crippen LogP) is 3.28. The Labute approximate surface area is 108 Å². The first kappa shape index (κ1) is 15.0. The Balaban J connectivity index is 2.51. The van der Waals surface area contributed by atoms with Gasteiger partial charge in [-0.3, -0.25) is 0 Å². The molecular formula is C15H32N2. The van der Waals surface area contributed by atoms with Crippen LogP contribution in [-0.2, 0) is 0 Å². The van der Waals surface area contributed by atoms with Gasteiger partial charge < -0.3 is 10.2 Å². The summed E-state index contributed by atoms with van der Waals surface area (Å²) in [5, 5.41) is 3.66. The van der Waals surface area contributed by atoms with Gasteiger partial charge in [0.05, 0.1) is 0 Å². The van der Waals surface area contributed by atoms with Crippen molar-refractivity contribution < 1.29 is 0 Å². The SMILES string of the molecule is CCCNCC1(CN(C)C(C)C)CCCCC1. The van der Waals surface area contributed by atoms with Crippen molar-refractivity contribution in [2.45, 2.75) is 65.3 Å². The standard InChI is InChI=1S/C15H32N2/c1-5-11-16-12-15(9-7-6-8-10-15)13-17(4)14(2)3/h14,16H,5-13H2,1-4H3. The fourth-order valence-electron chi connectivity index (χ4n) is 2.93. The molecule has 102 valence electrons. The van der Waals surface area contributed by atoms with Crippen LogP contribution < -0.4 is 5.32 Å². The van der Waals surface area contributed by atoms with Gasteiger partial charge in [0.2, 0.25) is 0 Å². The number of nitrogens with one attached hydrogen (secondary N) is 1. The van der Waals surface area contributed by atoms with Crippen molar-refractivity contribution in [3.05, 3.63) is 0 Å². The molecule has 0 aromatic carbocycles. The zero-order valence-corrected chi connectivity index (χ0v) is 12.4. The summed E-state index contributed by atoms with van der Waals surface area (Å²) in [6, 6.07) is 0.667. The molecule has 0 unspecified atom stereocenters. The summed E-state index contributed by atoms with van der Waals surface area (Å²) in [5.41, 5.74) is 0.548. The molecule has 0 aromatic rings. The lowest BCUT2D eigenvalue weighted by atomic mass is 9.73. The average molecular weight is 240 g/mol. The second kappa shape index (κ2) is 7.38. The molecule has 17 heavy (non-hydrogen) atoms. The van der Waals surface area contributed by atoms with Crippen molar-refractivity contribution in [1.29, 1.82) is 0 Å². The minimum atomic E-state index is 0.548. The molecular weight excluding hydrogens is 208 g/mol. The first-order chi connectivity index (χ1) is 8.09. The van der Waals surface area contributed by atoms with Crippen LogP contribution in [0, 0.1) is 5.41 Å². The third-order valence-corrected chi connectivity index (χ3v) is 4.31. The zero-order valence-electron chi connectivity index (χ0n) is 12.4. The van der Waals surface area contributed by atoms with Crippen LogP contribution >= 0.6 is 0 Å². The summed E-state index contributed by atoms with van der Waals surface area (Å²) in [6.07, 6.45) is 8.39. The van der Waals surface area contributed by atoms with Gasteiger partial charge in [-0.05, 0) is 52.1 Å². The van der Waals surface area contributed by atoms with Crippen LogP contribution in [0.25, 0.3) is 0 Å². The van der Waals surface area contributed by atoms with Gasteiger partial charge in [0, 0.05) is 19.1 Å². The zero-order chi connectivity index (χ0) is 12.7. The Kier molecular flexibility index (Phi) is 6.50. The summed E-state index contributed by atoms with van der Waals surface area (Å²) in [6.45, 7) is 10.5. The highest BCUT2D eigenvalue weighted by Gasteiger charge is 2.33. The lowest BCUT2D eigenvalue weighted by Crippen LogP contribution is -2.46. The summed E-state index contributed by atoms with van der Waals surface area (Å²) in [5.74, 6) is 0. The first-order valence-corrected chi connectivity index (χ1v) is 7.50. The smallest absolute Gasteiger partial charge is 0.00498 e. The van der Waals surface area contributed by atoms with Crippen LogP contribution in [0.5, 0.6) is 0 Å². The molecule has 0 saturated heterocycles. The van der Waals surface area contributed by atoms with Crippen molar-refractivity contribution in [2.24, 2.45) is 5.41 Å². The fraction of sp³-hybridized carbons (Fsp3) is 1.00. The second-order valence-electron chi connectivity index (χ2n) is 6.25. The Morgan fingerprint density at radius 2 is 1.82 bits per heavy atom. The summed E-state index contributed by atoms with van der Waals surface area (Å²) in [4.78, 5) is 2.53. The van der Waals surface area contributed by atoms with Gasteiger partial charge in [-0.15, -0.1) is 0 Å². The maximum Gasteiger partial charge on any atom is 0.00498 e. The molecule has 0 atom stereocenters. The minimum Gasteiger partial charge on any atom is -0.316 e. The van der Waals surface area contributed by atoms with Gasteiger partial charge in [-0.2, -0.15) is 0 Å². The highest BCUT2D eigenvalue weighted by atomic mass is 15.1. The van der Waals surface area contributed by atoms with E-state index in [1.165, 1.54) is 58.2 Å². The molecule has 1 aliphatic carbocycles. The van der Waals surface area contributed by atoms with E-state index in [1.54, 1.807) is 0 Å². The van der Waals surface area contributed by atoms with E-state index < -0.39 is 0 Å². The number of nitrogens with zero attached hydrogens (tertiary/aromatic N) is 1. The molecule has 1 fully saturated rings. The molecule has 1 N–H and O–H groups in total. The fourth-order valence-corrected chi connectivity index (χ4v) is 2.93. The normalized spacial score (nSPS) is 20.1. The monoisotopic (exact) mass is 240 g/mol. The molecule has 0 aliphatic heterocycles. The largest absolute Gasteiger partial charge is 0.316 e. The highest BCUT2D eigenvalue weighted by molar-refractivity contribution is 4.87. The van der Waals surface area contributed by atoms with Crippen LogP contribution in [0.2, 0.25) is 0 Å². The Hall–Kier alpha value is -0.0800. The highest BCUT2D eigenvalue weighted by Crippen LogP contribution is 2.36. The van der Waals surface area contributed by atoms with E-state index in [4.69, 9.17) is 0 Å². The molecule has 2 nitrogen and oxygen atoms in total. The quantitative estimate of drug-likeness (QED) is 0.687. The van der Waals surface area contributed by atoms with Crippen molar-refractivity contribution in [3.8, 4) is 0 Å². The van der Waals surface area contributed by atoms with Gasteiger partial charge in [0.15, 0.2) is 0 Å². The molecule has 0 spiro atoms. The molecule has 0 radical (unpaired) electrons. The second-order valence-corrected chi connectivity index (χ2v) is 6.25. The van der Waals surface area contributed by atoms with Crippen LogP contribution in [0.3, 0.4) is 0 Å². The van der Waals surface area contributed by atoms with E-state index in [-0.39, 0.29) is 0 Å². The van der Waals surface area contributed by atoms with Crippen LogP contribution in [0.1, 0.15) is 59.3 Å². The third-order valence-electron chi connectivity index (χ3n) is 4.31. The van der Waals surface area contributed by atoms with Crippen LogP contribution in [0.4, 0.5) is 0 Å². The van der Waals surface area contributed by atoms with Crippen LogP contribution in [0.15, 0.2) is 0 Å². The summed E-state index contributed by atoms with van der Waals surface area (Å²) >= 11 is 0.